The number of benzene rings is 1. The van der Waals surface area contributed by atoms with Crippen LogP contribution in [0.2, 0.25) is 0 Å². The van der Waals surface area contributed by atoms with Gasteiger partial charge in [-0.25, -0.2) is 5.84 Å². The molecule has 5 heteroatoms. The number of aromatic nitrogens is 1. The van der Waals surface area contributed by atoms with E-state index in [1.165, 1.54) is 16.5 Å². The van der Waals surface area contributed by atoms with Crippen LogP contribution in [0.5, 0.6) is 0 Å². The number of amides is 1. The molecule has 0 saturated heterocycles. The molecule has 3 rings (SSSR count). The normalized spacial score (nSPS) is 11.0. The Hall–Kier alpha value is -2.53. The third-order valence-corrected chi connectivity index (χ3v) is 3.75. The number of nitrogens with zero attached hydrogens (tertiary/aromatic N) is 1. The highest BCUT2D eigenvalue weighted by Crippen LogP contribution is 2.22. The van der Waals surface area contributed by atoms with E-state index in [4.69, 9.17) is 10.3 Å². The molecule has 21 heavy (non-hydrogen) atoms. The molecule has 0 radical (unpaired) electrons. The molecule has 0 aliphatic heterocycles. The predicted molar refractivity (Wildman–Crippen MR) is 80.9 cm³/mol. The zero-order chi connectivity index (χ0) is 15.0. The number of carbonyl (C=O) groups is 1. The van der Waals surface area contributed by atoms with Crippen LogP contribution in [-0.2, 0) is 6.54 Å². The minimum Gasteiger partial charge on any atom is -0.456 e. The lowest BCUT2D eigenvalue weighted by atomic mass is 10.1. The van der Waals surface area contributed by atoms with Gasteiger partial charge in [0.15, 0.2) is 5.76 Å². The SMILES string of the molecule is Cc1oc(C(=O)NN)cc1Cn1ccc2c(C)cccc21. The van der Waals surface area contributed by atoms with Crippen LogP contribution in [0, 0.1) is 13.8 Å². The minimum atomic E-state index is -0.419. The van der Waals surface area contributed by atoms with Crippen molar-refractivity contribution in [2.45, 2.75) is 20.4 Å². The van der Waals surface area contributed by atoms with Crippen molar-refractivity contribution in [2.24, 2.45) is 5.84 Å². The maximum atomic E-state index is 11.5. The van der Waals surface area contributed by atoms with Crippen molar-refractivity contribution in [1.82, 2.24) is 9.99 Å². The molecule has 5 nitrogen and oxygen atoms in total. The topological polar surface area (TPSA) is 73.2 Å². The van der Waals surface area contributed by atoms with Gasteiger partial charge in [-0.2, -0.15) is 0 Å². The van der Waals surface area contributed by atoms with Gasteiger partial charge in [0, 0.05) is 22.7 Å². The summed E-state index contributed by atoms with van der Waals surface area (Å²) in [5.41, 5.74) is 5.46. The van der Waals surface area contributed by atoms with E-state index in [1.54, 1.807) is 6.07 Å². The monoisotopic (exact) mass is 283 g/mol. The van der Waals surface area contributed by atoms with Crippen molar-refractivity contribution in [3.05, 3.63) is 59.2 Å². The Balaban J connectivity index is 1.97. The molecular weight excluding hydrogens is 266 g/mol. The highest BCUT2D eigenvalue weighted by Gasteiger charge is 2.14. The summed E-state index contributed by atoms with van der Waals surface area (Å²) in [6.07, 6.45) is 2.05. The summed E-state index contributed by atoms with van der Waals surface area (Å²) in [6, 6.07) is 10.1. The van der Waals surface area contributed by atoms with E-state index in [2.05, 4.69) is 35.1 Å². The molecule has 0 saturated carbocycles. The Bertz CT molecular complexity index is 814. The molecule has 3 N–H and O–H groups in total. The summed E-state index contributed by atoms with van der Waals surface area (Å²) in [4.78, 5) is 11.5. The number of hydrogen-bond donors (Lipinski definition) is 2. The first-order chi connectivity index (χ1) is 10.1. The van der Waals surface area contributed by atoms with Gasteiger partial charge in [-0.05, 0) is 37.6 Å². The van der Waals surface area contributed by atoms with Crippen molar-refractivity contribution in [3.63, 3.8) is 0 Å². The summed E-state index contributed by atoms with van der Waals surface area (Å²) in [6.45, 7) is 4.60. The number of hydrazine groups is 1. The summed E-state index contributed by atoms with van der Waals surface area (Å²) in [5.74, 6) is 5.67. The number of fused-ring (bicyclic) bond motifs is 1. The number of furan rings is 1. The van der Waals surface area contributed by atoms with E-state index in [0.717, 1.165) is 11.3 Å². The smallest absolute Gasteiger partial charge is 0.300 e. The number of carbonyl (C=O) groups excluding carboxylic acids is 1. The fraction of sp³-hybridized carbons (Fsp3) is 0.188. The second-order valence-electron chi connectivity index (χ2n) is 5.12. The zero-order valence-electron chi connectivity index (χ0n) is 12.0. The molecule has 0 aliphatic rings. The highest BCUT2D eigenvalue weighted by molar-refractivity contribution is 5.91. The first kappa shape index (κ1) is 13.5. The average molecular weight is 283 g/mol. The van der Waals surface area contributed by atoms with Gasteiger partial charge >= 0.3 is 5.91 Å². The number of rotatable bonds is 3. The first-order valence-corrected chi connectivity index (χ1v) is 6.75. The molecule has 0 aliphatic carbocycles. The Kier molecular flexibility index (Phi) is 3.27. The van der Waals surface area contributed by atoms with Gasteiger partial charge in [0.2, 0.25) is 0 Å². The van der Waals surface area contributed by atoms with E-state index in [1.807, 2.05) is 19.2 Å². The minimum absolute atomic E-state index is 0.234. The van der Waals surface area contributed by atoms with Crippen molar-refractivity contribution in [3.8, 4) is 0 Å². The molecule has 0 atom stereocenters. The zero-order valence-corrected chi connectivity index (χ0v) is 12.0. The van der Waals surface area contributed by atoms with Gasteiger partial charge in [-0.15, -0.1) is 0 Å². The number of hydrogen-bond acceptors (Lipinski definition) is 3. The molecule has 2 heterocycles. The summed E-state index contributed by atoms with van der Waals surface area (Å²) >= 11 is 0. The van der Waals surface area contributed by atoms with Crippen LogP contribution in [0.15, 0.2) is 40.9 Å². The molecule has 2 aromatic heterocycles. The largest absolute Gasteiger partial charge is 0.456 e. The number of nitrogens with one attached hydrogen (secondary N) is 1. The Morgan fingerprint density at radius 1 is 1.33 bits per heavy atom. The van der Waals surface area contributed by atoms with Gasteiger partial charge in [0.1, 0.15) is 5.76 Å². The Morgan fingerprint density at radius 3 is 2.90 bits per heavy atom. The lowest BCUT2D eigenvalue weighted by molar-refractivity contribution is 0.0924. The van der Waals surface area contributed by atoms with E-state index >= 15 is 0 Å². The van der Waals surface area contributed by atoms with Gasteiger partial charge in [0.25, 0.3) is 0 Å². The lowest BCUT2D eigenvalue weighted by Gasteiger charge is -2.05. The number of aryl methyl sites for hydroxylation is 2. The lowest BCUT2D eigenvalue weighted by Crippen LogP contribution is -2.29. The number of nitrogen functional groups attached to an aromatic ring is 1. The molecule has 0 spiro atoms. The molecule has 1 aromatic carbocycles. The summed E-state index contributed by atoms with van der Waals surface area (Å²) < 4.78 is 7.59. The summed E-state index contributed by atoms with van der Waals surface area (Å²) in [7, 11) is 0. The third-order valence-electron chi connectivity index (χ3n) is 3.75. The standard InChI is InChI=1S/C16H17N3O2/c1-10-4-3-5-14-13(10)6-7-19(14)9-12-8-15(16(20)18-17)21-11(12)2/h3-8H,9,17H2,1-2H3,(H,18,20). The van der Waals surface area contributed by atoms with Gasteiger partial charge in [-0.3, -0.25) is 10.2 Å². The Morgan fingerprint density at radius 2 is 2.14 bits per heavy atom. The molecule has 3 aromatic rings. The molecule has 108 valence electrons. The van der Waals surface area contributed by atoms with E-state index in [9.17, 15) is 4.79 Å². The van der Waals surface area contributed by atoms with Crippen LogP contribution in [0.4, 0.5) is 0 Å². The second kappa shape index (κ2) is 5.10. The number of nitrogens with two attached hydrogens (primary N) is 1. The third kappa shape index (κ3) is 2.32. The van der Waals surface area contributed by atoms with E-state index in [-0.39, 0.29) is 5.76 Å². The predicted octanol–water partition coefficient (Wildman–Crippen LogP) is 2.50. The molecule has 0 bridgehead atoms. The van der Waals surface area contributed by atoms with Crippen LogP contribution < -0.4 is 11.3 Å². The molecule has 1 amide bonds. The quantitative estimate of drug-likeness (QED) is 0.440. The van der Waals surface area contributed by atoms with Crippen LogP contribution in [0.25, 0.3) is 10.9 Å². The van der Waals surface area contributed by atoms with Gasteiger partial charge in [-0.1, -0.05) is 12.1 Å². The van der Waals surface area contributed by atoms with Crippen LogP contribution in [-0.4, -0.2) is 10.5 Å². The maximum Gasteiger partial charge on any atom is 0.300 e. The van der Waals surface area contributed by atoms with Gasteiger partial charge < -0.3 is 8.98 Å². The van der Waals surface area contributed by atoms with Crippen LogP contribution in [0.1, 0.15) is 27.4 Å². The summed E-state index contributed by atoms with van der Waals surface area (Å²) in [5, 5.41) is 1.23. The van der Waals surface area contributed by atoms with Crippen molar-refractivity contribution in [1.29, 1.82) is 0 Å². The highest BCUT2D eigenvalue weighted by atomic mass is 16.4. The van der Waals surface area contributed by atoms with Crippen LogP contribution >= 0.6 is 0 Å². The second-order valence-corrected chi connectivity index (χ2v) is 5.12. The molecule has 0 fully saturated rings. The molecule has 0 unspecified atom stereocenters. The van der Waals surface area contributed by atoms with Crippen molar-refractivity contribution >= 4 is 16.8 Å². The fourth-order valence-electron chi connectivity index (χ4n) is 2.56. The van der Waals surface area contributed by atoms with E-state index < -0.39 is 5.91 Å². The van der Waals surface area contributed by atoms with E-state index in [0.29, 0.717) is 6.54 Å². The van der Waals surface area contributed by atoms with Crippen LogP contribution in [0.3, 0.4) is 0 Å². The average Bonchev–Trinajstić information content (AvgIpc) is 3.05. The fourth-order valence-corrected chi connectivity index (χ4v) is 2.56. The van der Waals surface area contributed by atoms with Gasteiger partial charge in [0.05, 0.1) is 6.54 Å². The Labute approximate surface area is 122 Å². The van der Waals surface area contributed by atoms with Crippen molar-refractivity contribution < 1.29 is 9.21 Å². The maximum absolute atomic E-state index is 11.5. The molecular formula is C16H17N3O2. The first-order valence-electron chi connectivity index (χ1n) is 6.75. The van der Waals surface area contributed by atoms with Crippen molar-refractivity contribution in [2.75, 3.05) is 0 Å².